The molecule has 0 spiro atoms. The number of benzene rings is 1. The first-order valence-electron chi connectivity index (χ1n) is 9.12. The maximum atomic E-state index is 12.8. The van der Waals surface area contributed by atoms with E-state index in [9.17, 15) is 9.59 Å². The fraction of sp³-hybridized carbons (Fsp3) is 0.350. The second-order valence-electron chi connectivity index (χ2n) is 6.99. The highest BCUT2D eigenvalue weighted by Gasteiger charge is 2.26. The third kappa shape index (κ3) is 3.93. The first-order chi connectivity index (χ1) is 13.0. The van der Waals surface area contributed by atoms with E-state index < -0.39 is 0 Å². The van der Waals surface area contributed by atoms with Crippen LogP contribution in [0.4, 0.5) is 16.2 Å². The molecule has 7 heteroatoms. The molecule has 1 aromatic carbocycles. The van der Waals surface area contributed by atoms with E-state index in [2.05, 4.69) is 15.6 Å². The average molecular weight is 382 g/mol. The van der Waals surface area contributed by atoms with Gasteiger partial charge >= 0.3 is 6.03 Å². The number of aryl methyl sites for hydroxylation is 2. The first-order valence-corrected chi connectivity index (χ1v) is 10.1. The molecule has 1 aliphatic heterocycles. The summed E-state index contributed by atoms with van der Waals surface area (Å²) in [7, 11) is 0. The lowest BCUT2D eigenvalue weighted by molar-refractivity contribution is 0.0951. The number of thioether (sulfide) groups is 1. The molecule has 1 saturated carbocycles. The number of carbonyl (C=O) groups is 2. The van der Waals surface area contributed by atoms with Gasteiger partial charge in [0.25, 0.3) is 5.91 Å². The normalized spacial score (nSPS) is 15.9. The maximum Gasteiger partial charge on any atom is 0.326 e. The van der Waals surface area contributed by atoms with Crippen molar-refractivity contribution in [1.29, 1.82) is 0 Å². The molecule has 2 heterocycles. The number of anilines is 2. The van der Waals surface area contributed by atoms with Crippen LogP contribution in [0.1, 0.15) is 34.5 Å². The fourth-order valence-corrected chi connectivity index (χ4v) is 4.25. The molecule has 27 heavy (non-hydrogen) atoms. The van der Waals surface area contributed by atoms with Crippen molar-refractivity contribution in [3.8, 4) is 0 Å². The molecule has 0 radical (unpaired) electrons. The van der Waals surface area contributed by atoms with Crippen molar-refractivity contribution in [2.45, 2.75) is 37.8 Å². The largest absolute Gasteiger partial charge is 0.349 e. The number of hydrogen-bond donors (Lipinski definition) is 2. The van der Waals surface area contributed by atoms with Gasteiger partial charge in [-0.05, 0) is 62.6 Å². The second kappa shape index (κ2) is 7.23. The summed E-state index contributed by atoms with van der Waals surface area (Å²) in [5, 5.41) is 6.80. The van der Waals surface area contributed by atoms with Crippen LogP contribution in [-0.2, 0) is 0 Å². The zero-order valence-electron chi connectivity index (χ0n) is 15.4. The van der Waals surface area contributed by atoms with Crippen LogP contribution in [0.15, 0.2) is 35.4 Å². The summed E-state index contributed by atoms with van der Waals surface area (Å²) in [6.45, 7) is 4.61. The first kappa shape index (κ1) is 17.9. The van der Waals surface area contributed by atoms with Gasteiger partial charge < -0.3 is 10.6 Å². The molecule has 0 bridgehead atoms. The van der Waals surface area contributed by atoms with E-state index in [1.54, 1.807) is 40.9 Å². The number of hydrogen-bond acceptors (Lipinski definition) is 4. The van der Waals surface area contributed by atoms with E-state index in [0.717, 1.165) is 40.6 Å². The topological polar surface area (TPSA) is 74.3 Å². The van der Waals surface area contributed by atoms with Crippen molar-refractivity contribution in [1.82, 2.24) is 10.3 Å². The Hall–Kier alpha value is -2.54. The molecule has 1 fully saturated rings. The highest BCUT2D eigenvalue weighted by atomic mass is 32.2. The Bertz CT molecular complexity index is 894. The van der Waals surface area contributed by atoms with Crippen molar-refractivity contribution in [3.05, 3.63) is 47.2 Å². The number of carbonyl (C=O) groups excluding carboxylic acids is 2. The summed E-state index contributed by atoms with van der Waals surface area (Å²) in [6.07, 6.45) is 2.12. The monoisotopic (exact) mass is 382 g/mol. The van der Waals surface area contributed by atoms with Gasteiger partial charge in [-0.15, -0.1) is 11.8 Å². The lowest BCUT2D eigenvalue weighted by atomic mass is 10.2. The predicted molar refractivity (Wildman–Crippen MR) is 108 cm³/mol. The Balaban J connectivity index is 1.47. The number of fused-ring (bicyclic) bond motifs is 1. The molecular formula is C20H22N4O2S. The van der Waals surface area contributed by atoms with Crippen LogP contribution in [-0.4, -0.2) is 35.3 Å². The second-order valence-corrected chi connectivity index (χ2v) is 8.07. The van der Waals surface area contributed by atoms with Gasteiger partial charge in [-0.1, -0.05) is 0 Å². The summed E-state index contributed by atoms with van der Waals surface area (Å²) in [4.78, 5) is 31.2. The van der Waals surface area contributed by atoms with Gasteiger partial charge in [0.05, 0.1) is 5.69 Å². The van der Waals surface area contributed by atoms with Gasteiger partial charge in [-0.25, -0.2) is 9.78 Å². The standard InChI is InChI=1S/C20H22N4O2S/c1-12-11-13(2)21-19-17(12)24(9-10-27-19)20(26)23-16-5-3-14(4-6-16)18(25)22-15-7-8-15/h3-6,11,15H,7-10H2,1-2H3,(H,22,25)(H,23,26). The van der Waals surface area contributed by atoms with E-state index in [-0.39, 0.29) is 11.9 Å². The highest BCUT2D eigenvalue weighted by Crippen LogP contribution is 2.36. The van der Waals surface area contributed by atoms with E-state index >= 15 is 0 Å². The summed E-state index contributed by atoms with van der Waals surface area (Å²) in [5.41, 5.74) is 4.17. The van der Waals surface area contributed by atoms with Gasteiger partial charge in [0.2, 0.25) is 0 Å². The van der Waals surface area contributed by atoms with Crippen LogP contribution in [0.2, 0.25) is 0 Å². The smallest absolute Gasteiger partial charge is 0.326 e. The van der Waals surface area contributed by atoms with Crippen molar-refractivity contribution in [3.63, 3.8) is 0 Å². The number of pyridine rings is 1. The number of amides is 3. The van der Waals surface area contributed by atoms with E-state index in [0.29, 0.717) is 23.8 Å². The number of nitrogens with one attached hydrogen (secondary N) is 2. The Morgan fingerprint density at radius 1 is 1.19 bits per heavy atom. The van der Waals surface area contributed by atoms with Crippen LogP contribution in [0, 0.1) is 13.8 Å². The number of urea groups is 1. The van der Waals surface area contributed by atoms with Gasteiger partial charge in [0.15, 0.2) is 0 Å². The molecule has 2 N–H and O–H groups in total. The molecule has 140 valence electrons. The fourth-order valence-electron chi connectivity index (χ4n) is 3.17. The van der Waals surface area contributed by atoms with Crippen molar-refractivity contribution >= 4 is 35.1 Å². The van der Waals surface area contributed by atoms with Gasteiger partial charge in [-0.2, -0.15) is 0 Å². The molecule has 6 nitrogen and oxygen atoms in total. The SMILES string of the molecule is Cc1cc(C)c2c(n1)SCCN2C(=O)Nc1ccc(C(=O)NC2CC2)cc1. The lowest BCUT2D eigenvalue weighted by Crippen LogP contribution is -2.39. The predicted octanol–water partition coefficient (Wildman–Crippen LogP) is 3.73. The molecule has 0 saturated heterocycles. The molecule has 0 unspecified atom stereocenters. The molecule has 0 atom stereocenters. The zero-order valence-corrected chi connectivity index (χ0v) is 16.2. The number of aromatic nitrogens is 1. The molecule has 1 aromatic heterocycles. The summed E-state index contributed by atoms with van der Waals surface area (Å²) in [5.74, 6) is 0.755. The van der Waals surface area contributed by atoms with Gasteiger partial charge in [-0.3, -0.25) is 9.69 Å². The molecule has 1 aliphatic carbocycles. The highest BCUT2D eigenvalue weighted by molar-refractivity contribution is 7.99. The third-order valence-corrected chi connectivity index (χ3v) is 5.60. The van der Waals surface area contributed by atoms with Crippen LogP contribution >= 0.6 is 11.8 Å². The Morgan fingerprint density at radius 3 is 2.63 bits per heavy atom. The minimum Gasteiger partial charge on any atom is -0.349 e. The maximum absolute atomic E-state index is 12.8. The summed E-state index contributed by atoms with van der Waals surface area (Å²) < 4.78 is 0. The van der Waals surface area contributed by atoms with Crippen molar-refractivity contribution in [2.24, 2.45) is 0 Å². The minimum absolute atomic E-state index is 0.0607. The molecule has 2 aliphatic rings. The van der Waals surface area contributed by atoms with Gasteiger partial charge in [0, 0.05) is 35.3 Å². The lowest BCUT2D eigenvalue weighted by Gasteiger charge is -2.30. The average Bonchev–Trinajstić information content (AvgIpc) is 3.45. The minimum atomic E-state index is -0.180. The molecule has 4 rings (SSSR count). The van der Waals surface area contributed by atoms with Crippen LogP contribution in [0.25, 0.3) is 0 Å². The Kier molecular flexibility index (Phi) is 4.78. The Morgan fingerprint density at radius 2 is 1.93 bits per heavy atom. The van der Waals surface area contributed by atoms with Crippen molar-refractivity contribution < 1.29 is 9.59 Å². The Labute approximate surface area is 162 Å². The van der Waals surface area contributed by atoms with Crippen LogP contribution in [0.5, 0.6) is 0 Å². The number of rotatable bonds is 3. The summed E-state index contributed by atoms with van der Waals surface area (Å²) >= 11 is 1.68. The molecular weight excluding hydrogens is 360 g/mol. The molecule has 3 amide bonds. The quantitative estimate of drug-likeness (QED) is 0.848. The van der Waals surface area contributed by atoms with E-state index in [1.807, 2.05) is 19.9 Å². The summed E-state index contributed by atoms with van der Waals surface area (Å²) in [6, 6.07) is 9.15. The molecule has 2 aromatic rings. The van der Waals surface area contributed by atoms with Crippen molar-refractivity contribution in [2.75, 3.05) is 22.5 Å². The van der Waals surface area contributed by atoms with Crippen LogP contribution in [0.3, 0.4) is 0 Å². The van der Waals surface area contributed by atoms with E-state index in [4.69, 9.17) is 0 Å². The van der Waals surface area contributed by atoms with E-state index in [1.165, 1.54) is 0 Å². The number of nitrogens with zero attached hydrogens (tertiary/aromatic N) is 2. The van der Waals surface area contributed by atoms with Crippen LogP contribution < -0.4 is 15.5 Å². The third-order valence-electron chi connectivity index (χ3n) is 4.66. The van der Waals surface area contributed by atoms with Gasteiger partial charge in [0.1, 0.15) is 5.03 Å². The zero-order chi connectivity index (χ0) is 19.0.